The van der Waals surface area contributed by atoms with Gasteiger partial charge in [0, 0.05) is 11.5 Å². The average Bonchev–Trinajstić information content (AvgIpc) is 2.22. The second-order valence-electron chi connectivity index (χ2n) is 2.21. The van der Waals surface area contributed by atoms with Crippen LogP contribution in [0.4, 0.5) is 0 Å². The molecule has 1 aromatic rings. The maximum Gasteiger partial charge on any atom is 0.0459 e. The molecule has 0 saturated carbocycles. The predicted molar refractivity (Wildman–Crippen MR) is 38.1 cm³/mol. The third-order valence-electron chi connectivity index (χ3n) is 1.48. The van der Waals surface area contributed by atoms with E-state index >= 15 is 0 Å². The minimum absolute atomic E-state index is 1.08. The van der Waals surface area contributed by atoms with Crippen LogP contribution in [0, 0.1) is 0 Å². The van der Waals surface area contributed by atoms with Gasteiger partial charge in [-0.05, 0) is 29.0 Å². The molecule has 0 unspecified atom stereocenters. The van der Waals surface area contributed by atoms with Gasteiger partial charge in [-0.3, -0.25) is 0 Å². The molecule has 1 nitrogen and oxygen atoms in total. The van der Waals surface area contributed by atoms with E-state index in [9.17, 15) is 0 Å². The van der Waals surface area contributed by atoms with Gasteiger partial charge in [0.15, 0.2) is 0 Å². The van der Waals surface area contributed by atoms with Gasteiger partial charge in [0.2, 0.25) is 0 Å². The molecule has 1 aromatic heterocycles. The van der Waals surface area contributed by atoms with Crippen LogP contribution in [-0.4, -0.2) is 4.98 Å². The first-order chi connectivity index (χ1) is 4.36. The number of hydrogen-bond acceptors (Lipinski definition) is 0. The molecule has 1 N–H and O–H groups in total. The summed E-state index contributed by atoms with van der Waals surface area (Å²) in [5.74, 6) is 0. The van der Waals surface area contributed by atoms with Crippen LogP contribution in [0.15, 0.2) is 24.4 Å². The monoisotopic (exact) mass is 117 g/mol. The van der Waals surface area contributed by atoms with E-state index in [1.165, 1.54) is 10.6 Å². The number of fused-ring (bicyclic) bond motifs is 1. The van der Waals surface area contributed by atoms with Gasteiger partial charge in [0.1, 0.15) is 0 Å². The van der Waals surface area contributed by atoms with E-state index in [-0.39, 0.29) is 0 Å². The van der Waals surface area contributed by atoms with Crippen molar-refractivity contribution in [1.82, 2.24) is 4.98 Å². The molecule has 0 bridgehead atoms. The number of aromatic nitrogens is 1. The van der Waals surface area contributed by atoms with E-state index in [0.717, 1.165) is 5.57 Å². The summed E-state index contributed by atoms with van der Waals surface area (Å²) >= 11 is 0. The van der Waals surface area contributed by atoms with Crippen molar-refractivity contribution in [3.05, 3.63) is 35.0 Å². The molecule has 0 aliphatic heterocycles. The fourth-order valence-electron chi connectivity index (χ4n) is 1.07. The van der Waals surface area contributed by atoms with E-state index in [1.807, 2.05) is 18.3 Å². The fourth-order valence-corrected chi connectivity index (χ4v) is 1.07. The molecule has 0 saturated heterocycles. The lowest BCUT2D eigenvalue weighted by atomic mass is 10.3. The second kappa shape index (κ2) is 1.38. The summed E-state index contributed by atoms with van der Waals surface area (Å²) in [7, 11) is 0. The topological polar surface area (TPSA) is 15.8 Å². The Labute approximate surface area is 53.0 Å². The number of H-pyrrole nitrogens is 1. The first kappa shape index (κ1) is 4.62. The fraction of sp³-hybridized carbons (Fsp3) is 0. The van der Waals surface area contributed by atoms with Crippen LogP contribution in [0.5, 0.6) is 0 Å². The van der Waals surface area contributed by atoms with Crippen LogP contribution in [0.25, 0.3) is 12.2 Å². The molecular formula is C8H7N. The Kier molecular flexibility index (Phi) is 0.707. The van der Waals surface area contributed by atoms with Gasteiger partial charge in [-0.1, -0.05) is 6.58 Å². The van der Waals surface area contributed by atoms with E-state index in [4.69, 9.17) is 0 Å². The number of aromatic amines is 1. The Bertz CT molecular complexity index is 322. The van der Waals surface area contributed by atoms with Crippen molar-refractivity contribution in [2.45, 2.75) is 0 Å². The quantitative estimate of drug-likeness (QED) is 0.497. The summed E-state index contributed by atoms with van der Waals surface area (Å²) in [6.45, 7) is 3.81. The average molecular weight is 117 g/mol. The third kappa shape index (κ3) is 0.545. The van der Waals surface area contributed by atoms with Crippen LogP contribution >= 0.6 is 0 Å². The highest BCUT2D eigenvalue weighted by atomic mass is 14.6. The second-order valence-corrected chi connectivity index (χ2v) is 2.21. The number of allylic oxidation sites excluding steroid dienone is 1. The molecule has 1 heteroatoms. The molecule has 0 fully saturated rings. The highest BCUT2D eigenvalue weighted by molar-refractivity contribution is 5.69. The van der Waals surface area contributed by atoms with E-state index in [2.05, 4.69) is 17.6 Å². The molecule has 0 aromatic carbocycles. The minimum atomic E-state index is 1.08. The number of hydrogen-bond donors (Lipinski definition) is 1. The first-order valence-corrected chi connectivity index (χ1v) is 2.92. The molecule has 0 amide bonds. The standard InChI is InChI=1S/C8H7N/c1-6-4-7-2-3-9-8(7)5-6/h2-5,9H,1H2. The zero-order chi connectivity index (χ0) is 6.27. The Balaban J connectivity index is 3.01. The largest absolute Gasteiger partial charge is 0.361 e. The number of nitrogens with one attached hydrogen (secondary N) is 1. The van der Waals surface area contributed by atoms with Crippen LogP contribution in [0.2, 0.25) is 0 Å². The molecule has 0 radical (unpaired) electrons. The summed E-state index contributed by atoms with van der Waals surface area (Å²) in [5.41, 5.74) is 1.08. The van der Waals surface area contributed by atoms with Crippen molar-refractivity contribution in [2.75, 3.05) is 0 Å². The van der Waals surface area contributed by atoms with Crippen molar-refractivity contribution < 1.29 is 0 Å². The van der Waals surface area contributed by atoms with Gasteiger partial charge in [-0.25, -0.2) is 0 Å². The summed E-state index contributed by atoms with van der Waals surface area (Å²) in [4.78, 5) is 3.10. The van der Waals surface area contributed by atoms with Crippen molar-refractivity contribution in [1.29, 1.82) is 0 Å². The van der Waals surface area contributed by atoms with Crippen molar-refractivity contribution in [3.8, 4) is 0 Å². The summed E-state index contributed by atoms with van der Waals surface area (Å²) in [6, 6.07) is 2.05. The molecule has 1 heterocycles. The van der Waals surface area contributed by atoms with Gasteiger partial charge in [0.05, 0.1) is 0 Å². The lowest BCUT2D eigenvalue weighted by molar-refractivity contribution is 1.33. The summed E-state index contributed by atoms with van der Waals surface area (Å²) in [6.07, 6.45) is 6.03. The van der Waals surface area contributed by atoms with Gasteiger partial charge < -0.3 is 4.98 Å². The van der Waals surface area contributed by atoms with Crippen molar-refractivity contribution in [2.24, 2.45) is 0 Å². The maximum atomic E-state index is 3.81. The van der Waals surface area contributed by atoms with Gasteiger partial charge >= 0.3 is 0 Å². The smallest absolute Gasteiger partial charge is 0.0459 e. The maximum absolute atomic E-state index is 3.81. The Morgan fingerprint density at radius 1 is 1.33 bits per heavy atom. The van der Waals surface area contributed by atoms with Crippen LogP contribution < -0.4 is 10.6 Å². The third-order valence-corrected chi connectivity index (χ3v) is 1.48. The normalized spacial score (nSPS) is 14.4. The van der Waals surface area contributed by atoms with Crippen molar-refractivity contribution >= 4 is 12.2 Å². The first-order valence-electron chi connectivity index (χ1n) is 2.92. The van der Waals surface area contributed by atoms with E-state index < -0.39 is 0 Å². The highest BCUT2D eigenvalue weighted by Crippen LogP contribution is 1.95. The summed E-state index contributed by atoms with van der Waals surface area (Å²) in [5, 5.41) is 2.43. The molecule has 1 aliphatic carbocycles. The van der Waals surface area contributed by atoms with E-state index in [0.29, 0.717) is 0 Å². The highest BCUT2D eigenvalue weighted by Gasteiger charge is 1.94. The molecule has 2 rings (SSSR count). The number of rotatable bonds is 0. The molecule has 44 valence electrons. The molecule has 0 spiro atoms. The molecular weight excluding hydrogens is 110 g/mol. The zero-order valence-electron chi connectivity index (χ0n) is 5.02. The van der Waals surface area contributed by atoms with Crippen LogP contribution in [0.3, 0.4) is 0 Å². The minimum Gasteiger partial charge on any atom is -0.361 e. The Hall–Kier alpha value is -1.24. The molecule has 1 aliphatic rings. The van der Waals surface area contributed by atoms with Crippen LogP contribution in [-0.2, 0) is 0 Å². The molecule has 0 atom stereocenters. The van der Waals surface area contributed by atoms with Crippen molar-refractivity contribution in [3.63, 3.8) is 0 Å². The van der Waals surface area contributed by atoms with Gasteiger partial charge in [-0.2, -0.15) is 0 Å². The SMILES string of the molecule is C=C1C=c2cc[nH]c2=C1. The zero-order valence-corrected chi connectivity index (χ0v) is 5.02. The lowest BCUT2D eigenvalue weighted by Gasteiger charge is -1.75. The van der Waals surface area contributed by atoms with Gasteiger partial charge in [-0.15, -0.1) is 0 Å². The predicted octanol–water partition coefficient (Wildman–Crippen LogP) is 0.146. The van der Waals surface area contributed by atoms with Crippen LogP contribution in [0.1, 0.15) is 0 Å². The van der Waals surface area contributed by atoms with Gasteiger partial charge in [0.25, 0.3) is 0 Å². The molecule has 9 heavy (non-hydrogen) atoms. The lowest BCUT2D eigenvalue weighted by Crippen LogP contribution is -2.17. The summed E-state index contributed by atoms with van der Waals surface area (Å²) < 4.78 is 0. The van der Waals surface area contributed by atoms with E-state index in [1.54, 1.807) is 0 Å². The Morgan fingerprint density at radius 2 is 2.22 bits per heavy atom. The Morgan fingerprint density at radius 3 is 3.00 bits per heavy atom.